The number of oxime groups is 1. The molecule has 22 heteroatoms. The van der Waals surface area contributed by atoms with Crippen molar-refractivity contribution in [2.24, 2.45) is 17.0 Å². The number of thiazole rings is 1. The number of fused-ring (bicyclic) bond motifs is 1. The molecule has 6 rings (SSSR count). The van der Waals surface area contributed by atoms with Crippen LogP contribution in [0.15, 0.2) is 22.7 Å². The smallest absolute Gasteiger partial charge is 0.350 e. The summed E-state index contributed by atoms with van der Waals surface area (Å²) in [6.07, 6.45) is -0.436. The number of rotatable bonds is 13. The zero-order valence-corrected chi connectivity index (χ0v) is 31.3. The van der Waals surface area contributed by atoms with Crippen molar-refractivity contribution in [3.8, 4) is 11.5 Å². The minimum absolute atomic E-state index is 0.0117. The summed E-state index contributed by atoms with van der Waals surface area (Å²) in [5.41, 5.74) is 0.352. The Labute approximate surface area is 319 Å². The van der Waals surface area contributed by atoms with Gasteiger partial charge in [-0.05, 0) is 39.8 Å². The highest BCUT2D eigenvalue weighted by atomic mass is 32.2. The van der Waals surface area contributed by atoms with E-state index >= 15 is 0 Å². The van der Waals surface area contributed by atoms with Gasteiger partial charge >= 0.3 is 18.0 Å². The number of hydrogen-bond acceptors (Lipinski definition) is 15. The Morgan fingerprint density at radius 3 is 2.38 bits per heavy atom. The number of thioether (sulfide) groups is 1. The second-order valence-corrected chi connectivity index (χ2v) is 16.3. The number of urea groups is 1. The van der Waals surface area contributed by atoms with E-state index in [1.54, 1.807) is 6.92 Å². The molecule has 0 radical (unpaired) electrons. The summed E-state index contributed by atoms with van der Waals surface area (Å²) >= 11 is 2.01. The molecule has 1 aromatic carbocycles. The molecule has 0 saturated carbocycles. The number of amides is 5. The van der Waals surface area contributed by atoms with Gasteiger partial charge in [0.2, 0.25) is 22.3 Å². The van der Waals surface area contributed by atoms with E-state index in [2.05, 4.69) is 15.6 Å². The van der Waals surface area contributed by atoms with E-state index in [9.17, 15) is 58.8 Å². The number of aromatic nitrogens is 1. The highest BCUT2D eigenvalue weighted by Gasteiger charge is 2.66. The number of hydrogen-bond donors (Lipinski definition) is 5. The predicted octanol–water partition coefficient (Wildman–Crippen LogP) is 0.137. The second-order valence-electron chi connectivity index (χ2n) is 13.8. The lowest BCUT2D eigenvalue weighted by atomic mass is 9.90. The molecule has 1 aromatic heterocycles. The molecule has 4 saturated heterocycles. The van der Waals surface area contributed by atoms with E-state index in [0.29, 0.717) is 5.01 Å². The number of aryl methyl sites for hydroxylation is 1. The lowest BCUT2D eigenvalue weighted by molar-refractivity contribution is -0.161. The number of phenols is 2. The Balaban J connectivity index is 1.08. The fraction of sp³-hybridized carbons (Fsp3) is 0.455. The highest BCUT2D eigenvalue weighted by molar-refractivity contribution is 8.02. The number of nitrogens with zero attached hydrogens (tertiary/aromatic N) is 6. The molecule has 5 N–H and O–H groups in total. The monoisotopic (exact) mass is 801 g/mol. The van der Waals surface area contributed by atoms with Crippen molar-refractivity contribution in [3.05, 3.63) is 39.3 Å². The van der Waals surface area contributed by atoms with Crippen LogP contribution in [0.5, 0.6) is 11.5 Å². The number of nitrogens with one attached hydrogen (secondary N) is 1. The minimum Gasteiger partial charge on any atom is -0.504 e. The van der Waals surface area contributed by atoms with Gasteiger partial charge in [-0.25, -0.2) is 24.4 Å². The maximum Gasteiger partial charge on any atom is 0.350 e. The molecular weight excluding hydrogens is 767 g/mol. The molecule has 55 heavy (non-hydrogen) atoms. The topological polar surface area (TPSA) is 277 Å². The van der Waals surface area contributed by atoms with Crippen molar-refractivity contribution in [3.63, 3.8) is 0 Å². The van der Waals surface area contributed by atoms with E-state index < -0.39 is 99.4 Å². The van der Waals surface area contributed by atoms with Crippen molar-refractivity contribution >= 4 is 76.1 Å². The summed E-state index contributed by atoms with van der Waals surface area (Å²) in [7, 11) is 0. The van der Waals surface area contributed by atoms with Gasteiger partial charge in [-0.2, -0.15) is 0 Å². The number of β-lactam (4-membered cyclic amide) rings is 1. The lowest BCUT2D eigenvalue weighted by Gasteiger charge is -2.40. The summed E-state index contributed by atoms with van der Waals surface area (Å²) in [4.78, 5) is 114. The average molecular weight is 802 g/mol. The lowest BCUT2D eigenvalue weighted by Crippen LogP contribution is -2.61. The van der Waals surface area contributed by atoms with E-state index in [4.69, 9.17) is 4.84 Å². The summed E-state index contributed by atoms with van der Waals surface area (Å²) in [6.45, 7) is 4.54. The number of hydrazine groups is 1. The standard InChI is InChI=1S/C33H35N7O13S2/c1-14-17(5-6-20(41)23(14)43)24(44)27(47)37-10-16(11-37)25(45)35-40-8-7-39(31(40)52)33(30(50)51)13-38-26(46)18(28(38)55-33)9-21(42)22(19-12-54-15(2)34-19)36-53-32(3,4)29(48)49/h5-6,12,16,18,28,41,43H,7-11,13H2,1-4H3,(H,35,45)(H,48,49)(H,50,51)/b36-22-/t18-,28-,33-/m1/s1. The van der Waals surface area contributed by atoms with Gasteiger partial charge in [-0.1, -0.05) is 16.9 Å². The van der Waals surface area contributed by atoms with Crippen LogP contribution in [0.1, 0.15) is 46.9 Å². The number of carboxylic acids is 2. The van der Waals surface area contributed by atoms with Gasteiger partial charge in [0.25, 0.3) is 11.7 Å². The first-order valence-corrected chi connectivity index (χ1v) is 18.4. The van der Waals surface area contributed by atoms with Crippen molar-refractivity contribution in [1.29, 1.82) is 0 Å². The molecule has 0 unspecified atom stereocenters. The Bertz CT molecular complexity index is 2080. The van der Waals surface area contributed by atoms with Crippen molar-refractivity contribution < 1.29 is 63.6 Å². The number of carboxylic acid groups (broad SMARTS) is 2. The SMILES string of the molecule is Cc1nc(/C(=N/OC(C)(C)C(=O)O)C(=O)C[C@@H]2C(=O)N3C[C@@](C(=O)O)(N4CCN(NC(=O)C5CN(C(=O)C(=O)c6ccc(O)c(O)c6C)C5)C4=O)S[C@H]23)cs1. The number of Topliss-reactive ketones (excluding diaryl/α,β-unsaturated/α-hetero) is 2. The van der Waals surface area contributed by atoms with Gasteiger partial charge in [-0.3, -0.25) is 34.3 Å². The van der Waals surface area contributed by atoms with Crippen LogP contribution >= 0.6 is 23.1 Å². The number of ketones is 2. The third-order valence-electron chi connectivity index (χ3n) is 9.78. The van der Waals surface area contributed by atoms with Crippen LogP contribution < -0.4 is 5.43 Å². The van der Waals surface area contributed by atoms with Crippen LogP contribution in [0.2, 0.25) is 0 Å². The molecule has 0 spiro atoms. The summed E-state index contributed by atoms with van der Waals surface area (Å²) in [5, 5.41) is 45.4. The molecule has 292 valence electrons. The molecule has 5 heterocycles. The molecule has 3 atom stereocenters. The number of likely N-dealkylation sites (tertiary alicyclic amines) is 1. The molecule has 4 aliphatic heterocycles. The predicted molar refractivity (Wildman–Crippen MR) is 189 cm³/mol. The zero-order valence-electron chi connectivity index (χ0n) is 29.7. The average Bonchev–Trinajstić information content (AvgIpc) is 3.81. The van der Waals surface area contributed by atoms with Gasteiger partial charge in [0.05, 0.1) is 35.3 Å². The van der Waals surface area contributed by atoms with E-state index in [-0.39, 0.29) is 48.7 Å². The molecule has 2 aromatic rings. The molecule has 4 fully saturated rings. The van der Waals surface area contributed by atoms with Crippen LogP contribution in [0.4, 0.5) is 4.79 Å². The Morgan fingerprint density at radius 2 is 1.76 bits per heavy atom. The zero-order chi connectivity index (χ0) is 40.3. The molecule has 0 aliphatic carbocycles. The summed E-state index contributed by atoms with van der Waals surface area (Å²) in [6, 6.07) is 1.41. The third kappa shape index (κ3) is 6.79. The molecule has 20 nitrogen and oxygen atoms in total. The first-order chi connectivity index (χ1) is 25.8. The normalized spacial score (nSPS) is 22.6. The fourth-order valence-corrected chi connectivity index (χ4v) is 8.65. The quantitative estimate of drug-likeness (QED) is 0.0450. The van der Waals surface area contributed by atoms with Crippen LogP contribution in [0.3, 0.4) is 0 Å². The molecule has 5 amide bonds. The van der Waals surface area contributed by atoms with Crippen molar-refractivity contribution in [1.82, 2.24) is 30.1 Å². The van der Waals surface area contributed by atoms with Crippen LogP contribution in [-0.2, 0) is 33.6 Å². The third-order valence-corrected chi connectivity index (χ3v) is 12.3. The Kier molecular flexibility index (Phi) is 10.0. The number of aromatic hydroxyl groups is 2. The molecule has 4 aliphatic rings. The maximum atomic E-state index is 13.6. The Morgan fingerprint density at radius 1 is 1.07 bits per heavy atom. The summed E-state index contributed by atoms with van der Waals surface area (Å²) < 4.78 is 0. The van der Waals surface area contributed by atoms with Gasteiger partial charge < -0.3 is 35.1 Å². The maximum absolute atomic E-state index is 13.6. The number of carbonyl (C=O) groups is 8. The van der Waals surface area contributed by atoms with Crippen LogP contribution in [0.25, 0.3) is 0 Å². The highest BCUT2D eigenvalue weighted by Crippen LogP contribution is 2.53. The van der Waals surface area contributed by atoms with Crippen molar-refractivity contribution in [2.45, 2.75) is 50.0 Å². The number of benzene rings is 1. The number of carbonyl (C=O) groups excluding carboxylic acids is 6. The fourth-order valence-electron chi connectivity index (χ4n) is 6.36. The van der Waals surface area contributed by atoms with Gasteiger partial charge in [0.1, 0.15) is 5.69 Å². The molecular formula is C33H35N7O13S2. The van der Waals surface area contributed by atoms with Gasteiger partial charge in [0.15, 0.2) is 23.0 Å². The van der Waals surface area contributed by atoms with Crippen LogP contribution in [0, 0.1) is 25.7 Å². The first kappa shape index (κ1) is 38.9. The van der Waals surface area contributed by atoms with Crippen molar-refractivity contribution in [2.75, 3.05) is 32.7 Å². The van der Waals surface area contributed by atoms with Gasteiger partial charge in [-0.15, -0.1) is 11.3 Å². The first-order valence-electron chi connectivity index (χ1n) is 16.7. The largest absolute Gasteiger partial charge is 0.504 e. The number of aliphatic carboxylic acids is 2. The summed E-state index contributed by atoms with van der Waals surface area (Å²) in [5.74, 6) is -9.34. The van der Waals surface area contributed by atoms with Crippen LogP contribution in [-0.4, -0.2) is 147 Å². The van der Waals surface area contributed by atoms with E-state index in [1.807, 2.05) is 0 Å². The second kappa shape index (κ2) is 14.1. The van der Waals surface area contributed by atoms with E-state index in [0.717, 1.165) is 32.6 Å². The Hall–Kier alpha value is -5.77. The van der Waals surface area contributed by atoms with E-state index in [1.165, 1.54) is 48.5 Å². The molecule has 0 bridgehead atoms. The number of phenolic OH excluding ortho intramolecular Hbond substituents is 2. The van der Waals surface area contributed by atoms with Gasteiger partial charge in [0, 0.05) is 42.6 Å². The minimum atomic E-state index is -1.97.